The Morgan fingerprint density at radius 3 is 2.09 bits per heavy atom. The van der Waals surface area contributed by atoms with Crippen LogP contribution in [0.3, 0.4) is 0 Å². The minimum atomic E-state index is 0.913. The maximum absolute atomic E-state index is 4.87. The van der Waals surface area contributed by atoms with Gasteiger partial charge in [-0.2, -0.15) is 5.10 Å². The number of hydrogen-bond donors (Lipinski definition) is 0. The topological polar surface area (TPSA) is 40.6 Å². The largest absolute Gasteiger partial charge is 0.309 e. The van der Waals surface area contributed by atoms with Crippen LogP contribution in [-0.2, 0) is 0 Å². The van der Waals surface area contributed by atoms with Gasteiger partial charge in [0.25, 0.3) is 0 Å². The number of nitrogens with zero attached hydrogens (tertiary/aromatic N) is 5. The van der Waals surface area contributed by atoms with Crippen molar-refractivity contribution in [2.75, 3.05) is 0 Å². The molecule has 44 heavy (non-hydrogen) atoms. The summed E-state index contributed by atoms with van der Waals surface area (Å²) in [4.78, 5) is 4.87. The summed E-state index contributed by atoms with van der Waals surface area (Å²) >= 11 is 1.85. The predicted molar refractivity (Wildman–Crippen MR) is 183 cm³/mol. The van der Waals surface area contributed by atoms with Crippen molar-refractivity contribution in [3.63, 3.8) is 0 Å². The van der Waals surface area contributed by atoms with Crippen molar-refractivity contribution in [1.82, 2.24) is 23.9 Å². The second-order valence-corrected chi connectivity index (χ2v) is 12.2. The summed E-state index contributed by atoms with van der Waals surface area (Å²) in [5, 5.41) is 12.0. The number of para-hydroxylation sites is 1. The summed E-state index contributed by atoms with van der Waals surface area (Å²) < 4.78 is 9.24. The lowest BCUT2D eigenvalue weighted by molar-refractivity contribution is 0.881. The maximum Gasteiger partial charge on any atom is 0.137 e. The molecule has 206 valence electrons. The van der Waals surface area contributed by atoms with Crippen molar-refractivity contribution < 1.29 is 0 Å². The molecule has 0 saturated carbocycles. The molecule has 5 nitrogen and oxygen atoms in total. The molecule has 10 rings (SSSR count). The molecule has 0 N–H and O–H groups in total. The Labute approximate surface area is 255 Å². The van der Waals surface area contributed by atoms with Crippen LogP contribution in [0.4, 0.5) is 0 Å². The van der Waals surface area contributed by atoms with E-state index < -0.39 is 0 Å². The smallest absolute Gasteiger partial charge is 0.137 e. The molecule has 5 aromatic carbocycles. The summed E-state index contributed by atoms with van der Waals surface area (Å²) in [5.41, 5.74) is 6.79. The van der Waals surface area contributed by atoms with Gasteiger partial charge in [0.2, 0.25) is 0 Å². The molecule has 0 saturated heterocycles. The lowest BCUT2D eigenvalue weighted by Crippen LogP contribution is -1.99. The lowest BCUT2D eigenvalue weighted by Gasteiger charge is -2.11. The van der Waals surface area contributed by atoms with Crippen LogP contribution in [0.5, 0.6) is 0 Å². The Morgan fingerprint density at radius 1 is 0.500 bits per heavy atom. The molecular weight excluding hydrogens is 559 g/mol. The average Bonchev–Trinajstić information content (AvgIpc) is 3.86. The van der Waals surface area contributed by atoms with Gasteiger partial charge in [0.1, 0.15) is 5.82 Å². The van der Waals surface area contributed by atoms with Gasteiger partial charge in [-0.05, 0) is 60.7 Å². The van der Waals surface area contributed by atoms with Crippen molar-refractivity contribution in [3.05, 3.63) is 140 Å². The van der Waals surface area contributed by atoms with Gasteiger partial charge in [0, 0.05) is 66.0 Å². The van der Waals surface area contributed by atoms with Gasteiger partial charge in [0.05, 0.1) is 27.8 Å². The number of pyridine rings is 1. The van der Waals surface area contributed by atoms with Crippen LogP contribution in [0.15, 0.2) is 140 Å². The normalized spacial score (nSPS) is 12.1. The highest BCUT2D eigenvalue weighted by Gasteiger charge is 2.20. The summed E-state index contributed by atoms with van der Waals surface area (Å²) in [5.74, 6) is 0.913. The fourth-order valence-electron chi connectivity index (χ4n) is 6.97. The van der Waals surface area contributed by atoms with E-state index in [0.29, 0.717) is 0 Å². The SMILES string of the molecule is c1ccc(-n2c3cc(-n4c5ccccc5c5ccc(-n6cccn6)cc54)ccc3c3ccc4sc5ccccc5c4c32)nc1. The Bertz CT molecular complexity index is 2710. The summed E-state index contributed by atoms with van der Waals surface area (Å²) in [6.45, 7) is 0. The molecule has 0 bridgehead atoms. The van der Waals surface area contributed by atoms with Crippen molar-refractivity contribution in [3.8, 4) is 17.2 Å². The van der Waals surface area contributed by atoms with Crippen molar-refractivity contribution >= 4 is 75.1 Å². The van der Waals surface area contributed by atoms with Gasteiger partial charge in [-0.1, -0.05) is 60.7 Å². The van der Waals surface area contributed by atoms with Gasteiger partial charge < -0.3 is 4.57 Å². The first-order valence-corrected chi connectivity index (χ1v) is 15.5. The Kier molecular flexibility index (Phi) is 4.81. The van der Waals surface area contributed by atoms with Crippen LogP contribution < -0.4 is 0 Å². The van der Waals surface area contributed by atoms with E-state index in [0.717, 1.165) is 28.2 Å². The molecule has 0 amide bonds. The van der Waals surface area contributed by atoms with Crippen LogP contribution in [0.25, 0.3) is 81.0 Å². The van der Waals surface area contributed by atoms with E-state index >= 15 is 0 Å². The van der Waals surface area contributed by atoms with E-state index in [4.69, 9.17) is 4.98 Å². The number of hydrogen-bond acceptors (Lipinski definition) is 3. The summed E-state index contributed by atoms with van der Waals surface area (Å²) in [7, 11) is 0. The second kappa shape index (κ2) is 8.89. The average molecular weight is 582 g/mol. The first kappa shape index (κ1) is 23.8. The van der Waals surface area contributed by atoms with Crippen LogP contribution >= 0.6 is 11.3 Å². The van der Waals surface area contributed by atoms with Crippen LogP contribution in [0, 0.1) is 0 Å². The highest BCUT2D eigenvalue weighted by atomic mass is 32.1. The highest BCUT2D eigenvalue weighted by Crippen LogP contribution is 2.43. The lowest BCUT2D eigenvalue weighted by atomic mass is 10.1. The zero-order valence-electron chi connectivity index (χ0n) is 23.4. The first-order chi connectivity index (χ1) is 21.8. The molecule has 5 aromatic heterocycles. The zero-order valence-corrected chi connectivity index (χ0v) is 24.2. The van der Waals surface area contributed by atoms with E-state index in [1.807, 2.05) is 46.7 Å². The highest BCUT2D eigenvalue weighted by molar-refractivity contribution is 7.26. The third-order valence-corrected chi connectivity index (χ3v) is 9.95. The van der Waals surface area contributed by atoms with Crippen LogP contribution in [0.2, 0.25) is 0 Å². The molecule has 6 heteroatoms. The molecule has 10 aromatic rings. The van der Waals surface area contributed by atoms with Crippen molar-refractivity contribution in [2.45, 2.75) is 0 Å². The summed E-state index contributed by atoms with van der Waals surface area (Å²) in [6, 6.07) is 43.5. The molecular formula is C38H23N5S. The number of benzene rings is 5. The third-order valence-electron chi connectivity index (χ3n) is 8.81. The number of fused-ring (bicyclic) bond motifs is 10. The molecule has 5 heterocycles. The molecule has 0 atom stereocenters. The number of rotatable bonds is 3. The fraction of sp³-hybridized carbons (Fsp3) is 0. The Hall–Kier alpha value is -5.72. The van der Waals surface area contributed by atoms with E-state index in [1.54, 1.807) is 0 Å². The third kappa shape index (κ3) is 3.23. The molecule has 0 fully saturated rings. The molecule has 0 radical (unpaired) electrons. The van der Waals surface area contributed by atoms with E-state index in [9.17, 15) is 0 Å². The van der Waals surface area contributed by atoms with E-state index in [-0.39, 0.29) is 0 Å². The van der Waals surface area contributed by atoms with Crippen molar-refractivity contribution in [2.24, 2.45) is 0 Å². The minimum absolute atomic E-state index is 0.913. The number of thiophene rings is 1. The van der Waals surface area contributed by atoms with Gasteiger partial charge in [-0.15, -0.1) is 11.3 Å². The standard InChI is InChI=1S/C38H23N5S/c1-3-10-31-26(8-1)27-15-13-24(41-21-7-20-40-41)22-32(27)42(31)25-14-16-28-29-17-18-35-37(30-9-2-4-11-34(30)44-35)38(29)43(33(28)23-25)36-12-5-6-19-39-36/h1-23H. The van der Waals surface area contributed by atoms with E-state index in [1.165, 1.54) is 52.8 Å². The number of aromatic nitrogens is 5. The predicted octanol–water partition coefficient (Wildman–Crippen LogP) is 9.83. The van der Waals surface area contributed by atoms with Gasteiger partial charge >= 0.3 is 0 Å². The van der Waals surface area contributed by atoms with Gasteiger partial charge in [-0.25, -0.2) is 9.67 Å². The quantitative estimate of drug-likeness (QED) is 0.208. The fourth-order valence-corrected chi connectivity index (χ4v) is 8.07. The zero-order chi connectivity index (χ0) is 28.8. The molecule has 0 spiro atoms. The summed E-state index contributed by atoms with van der Waals surface area (Å²) in [6.07, 6.45) is 5.69. The Balaban J connectivity index is 1.34. The monoisotopic (exact) mass is 581 g/mol. The minimum Gasteiger partial charge on any atom is -0.309 e. The molecule has 0 unspecified atom stereocenters. The molecule has 0 aliphatic carbocycles. The Morgan fingerprint density at radius 2 is 1.23 bits per heavy atom. The second-order valence-electron chi connectivity index (χ2n) is 11.2. The molecule has 0 aliphatic heterocycles. The van der Waals surface area contributed by atoms with Crippen molar-refractivity contribution in [1.29, 1.82) is 0 Å². The first-order valence-electron chi connectivity index (χ1n) is 14.7. The van der Waals surface area contributed by atoms with Gasteiger partial charge in [0.15, 0.2) is 0 Å². The van der Waals surface area contributed by atoms with Crippen LogP contribution in [0.1, 0.15) is 0 Å². The van der Waals surface area contributed by atoms with Crippen LogP contribution in [-0.4, -0.2) is 23.9 Å². The maximum atomic E-state index is 4.87. The molecule has 0 aliphatic rings. The van der Waals surface area contributed by atoms with E-state index in [2.05, 4.69) is 123 Å². The van der Waals surface area contributed by atoms with Gasteiger partial charge in [-0.3, -0.25) is 4.57 Å².